The lowest BCUT2D eigenvalue weighted by atomic mass is 10.0. The van der Waals surface area contributed by atoms with Crippen LogP contribution in [0.25, 0.3) is 0 Å². The van der Waals surface area contributed by atoms with Crippen molar-refractivity contribution in [3.05, 3.63) is 64.6 Å². The van der Waals surface area contributed by atoms with Crippen LogP contribution in [0.1, 0.15) is 42.1 Å². The predicted octanol–water partition coefficient (Wildman–Crippen LogP) is 2.25. The maximum atomic E-state index is 12.9. The molecule has 0 aromatic heterocycles. The number of benzene rings is 2. The standard InChI is InChI=1S/C23H27N3O8S/c1-2-3-7-12-24-23(30)19(26-35(32,33)17-8-5-4-6-9-17)14-16-10-11-20(34-15-21(27)28)18(13-16)22(29)25-31/h4-6,8-11,13,19,26H,2-3,7,12,14-15H2,1H3,(H,24,30)(H,27,28)/t19-/m0/s1. The number of unbranched alkanes of at least 4 members (excludes halogenated alkanes) is 2. The van der Waals surface area contributed by atoms with Gasteiger partial charge in [0.05, 0.1) is 10.5 Å². The Morgan fingerprint density at radius 2 is 1.80 bits per heavy atom. The van der Waals surface area contributed by atoms with Crippen LogP contribution >= 0.6 is 0 Å². The number of nitroso groups, excluding NO2 is 1. The molecule has 0 spiro atoms. The van der Waals surface area contributed by atoms with Crippen LogP contribution in [0.5, 0.6) is 5.75 Å². The summed E-state index contributed by atoms with van der Waals surface area (Å²) in [7, 11) is -4.05. The third-order valence-electron chi connectivity index (χ3n) is 4.90. The second-order valence-corrected chi connectivity index (χ2v) is 9.31. The molecule has 35 heavy (non-hydrogen) atoms. The minimum absolute atomic E-state index is 0.0257. The molecule has 0 radical (unpaired) electrons. The summed E-state index contributed by atoms with van der Waals surface area (Å²) in [5.41, 5.74) is 0.0240. The summed E-state index contributed by atoms with van der Waals surface area (Å²) in [5, 5.41) is 13.9. The molecule has 0 bridgehead atoms. The molecule has 188 valence electrons. The first-order chi connectivity index (χ1) is 16.7. The number of rotatable bonds is 14. The number of ether oxygens (including phenoxy) is 1. The SMILES string of the molecule is CCCCCNC(=O)[C@H](Cc1ccc(OCC(=O)O)c(C(=O)N=O)c1)NS(=O)(=O)c1ccccc1. The Hall–Kier alpha value is -3.64. The number of hydrogen-bond acceptors (Lipinski definition) is 7. The minimum atomic E-state index is -4.05. The lowest BCUT2D eigenvalue weighted by Crippen LogP contribution is -2.48. The summed E-state index contributed by atoms with van der Waals surface area (Å²) < 4.78 is 33.2. The normalized spacial score (nSPS) is 11.9. The molecule has 2 amide bonds. The van der Waals surface area contributed by atoms with E-state index in [1.54, 1.807) is 18.2 Å². The summed E-state index contributed by atoms with van der Waals surface area (Å²) in [4.78, 5) is 46.4. The van der Waals surface area contributed by atoms with Crippen molar-refractivity contribution in [2.75, 3.05) is 13.2 Å². The van der Waals surface area contributed by atoms with Crippen LogP contribution in [-0.4, -0.2) is 50.5 Å². The summed E-state index contributed by atoms with van der Waals surface area (Å²) in [6.45, 7) is 1.62. The molecule has 2 rings (SSSR count). The molecule has 12 heteroatoms. The van der Waals surface area contributed by atoms with Gasteiger partial charge in [-0.15, -0.1) is 4.91 Å². The molecule has 0 aliphatic rings. The topological polar surface area (TPSA) is 168 Å². The zero-order valence-electron chi connectivity index (χ0n) is 19.1. The second-order valence-electron chi connectivity index (χ2n) is 7.60. The van der Waals surface area contributed by atoms with Gasteiger partial charge in [0.1, 0.15) is 11.8 Å². The highest BCUT2D eigenvalue weighted by atomic mass is 32.2. The van der Waals surface area contributed by atoms with Crippen molar-refractivity contribution in [3.63, 3.8) is 0 Å². The van der Waals surface area contributed by atoms with Crippen molar-refractivity contribution < 1.29 is 32.6 Å². The van der Waals surface area contributed by atoms with Gasteiger partial charge in [0.15, 0.2) is 6.61 Å². The Labute approximate surface area is 202 Å². The number of hydrogen-bond donors (Lipinski definition) is 3. The molecule has 0 heterocycles. The molecule has 0 fully saturated rings. The molecule has 0 aliphatic heterocycles. The third kappa shape index (κ3) is 8.58. The average Bonchev–Trinajstić information content (AvgIpc) is 2.85. The Morgan fingerprint density at radius 1 is 1.09 bits per heavy atom. The van der Waals surface area contributed by atoms with Crippen molar-refractivity contribution in [3.8, 4) is 5.75 Å². The third-order valence-corrected chi connectivity index (χ3v) is 6.38. The molecule has 0 aliphatic carbocycles. The number of nitrogens with zero attached hydrogens (tertiary/aromatic N) is 1. The van der Waals surface area contributed by atoms with Crippen LogP contribution in [0.2, 0.25) is 0 Å². The molecule has 0 saturated heterocycles. The van der Waals surface area contributed by atoms with Crippen LogP contribution in [0.15, 0.2) is 58.6 Å². The molecular formula is C23H27N3O8S. The summed E-state index contributed by atoms with van der Waals surface area (Å²) in [6, 6.07) is 10.2. The van der Waals surface area contributed by atoms with Gasteiger partial charge in [0.2, 0.25) is 15.9 Å². The highest BCUT2D eigenvalue weighted by molar-refractivity contribution is 7.89. The van der Waals surface area contributed by atoms with Crippen LogP contribution in [-0.2, 0) is 26.0 Å². The van der Waals surface area contributed by atoms with E-state index in [1.165, 1.54) is 30.3 Å². The fourth-order valence-corrected chi connectivity index (χ4v) is 4.39. The quantitative estimate of drug-likeness (QED) is 0.259. The summed E-state index contributed by atoms with van der Waals surface area (Å²) in [5.74, 6) is -3.22. The van der Waals surface area contributed by atoms with E-state index >= 15 is 0 Å². The van der Waals surface area contributed by atoms with Crippen molar-refractivity contribution in [2.45, 2.75) is 43.5 Å². The minimum Gasteiger partial charge on any atom is -0.481 e. The molecule has 2 aromatic rings. The summed E-state index contributed by atoms with van der Waals surface area (Å²) in [6.07, 6.45) is 2.39. The van der Waals surface area contributed by atoms with Gasteiger partial charge in [0.25, 0.3) is 0 Å². The van der Waals surface area contributed by atoms with E-state index in [1.807, 2.05) is 6.92 Å². The fraction of sp³-hybridized carbons (Fsp3) is 0.348. The van der Waals surface area contributed by atoms with E-state index in [4.69, 9.17) is 9.84 Å². The maximum Gasteiger partial charge on any atom is 0.341 e. The van der Waals surface area contributed by atoms with Crippen molar-refractivity contribution in [2.24, 2.45) is 5.18 Å². The first-order valence-corrected chi connectivity index (χ1v) is 12.4. The predicted molar refractivity (Wildman–Crippen MR) is 126 cm³/mol. The van der Waals surface area contributed by atoms with E-state index in [0.717, 1.165) is 19.3 Å². The smallest absolute Gasteiger partial charge is 0.341 e. The van der Waals surface area contributed by atoms with E-state index < -0.39 is 40.5 Å². The lowest BCUT2D eigenvalue weighted by molar-refractivity contribution is -0.139. The van der Waals surface area contributed by atoms with Gasteiger partial charge < -0.3 is 15.2 Å². The lowest BCUT2D eigenvalue weighted by Gasteiger charge is -2.19. The first-order valence-electron chi connectivity index (χ1n) is 10.9. The van der Waals surface area contributed by atoms with Crippen LogP contribution < -0.4 is 14.8 Å². The zero-order chi connectivity index (χ0) is 25.8. The fourth-order valence-electron chi connectivity index (χ4n) is 3.17. The number of carboxylic acids is 1. The monoisotopic (exact) mass is 505 g/mol. The number of carbonyl (C=O) groups excluding carboxylic acids is 2. The number of carbonyl (C=O) groups is 3. The van der Waals surface area contributed by atoms with E-state index in [0.29, 0.717) is 12.1 Å². The first kappa shape index (κ1) is 27.6. The Morgan fingerprint density at radius 3 is 2.43 bits per heavy atom. The number of aliphatic carboxylic acids is 1. The molecule has 0 unspecified atom stereocenters. The Kier molecular flexibility index (Phi) is 10.5. The molecular weight excluding hydrogens is 478 g/mol. The number of amides is 2. The highest BCUT2D eigenvalue weighted by Crippen LogP contribution is 2.23. The molecule has 3 N–H and O–H groups in total. The van der Waals surface area contributed by atoms with Crippen LogP contribution in [0.4, 0.5) is 0 Å². The molecule has 11 nitrogen and oxygen atoms in total. The van der Waals surface area contributed by atoms with Gasteiger partial charge in [0, 0.05) is 11.7 Å². The molecule has 0 saturated carbocycles. The average molecular weight is 506 g/mol. The van der Waals surface area contributed by atoms with Gasteiger partial charge in [-0.3, -0.25) is 9.59 Å². The van der Waals surface area contributed by atoms with E-state index in [-0.39, 0.29) is 22.6 Å². The number of sulfonamides is 1. The summed E-state index contributed by atoms with van der Waals surface area (Å²) >= 11 is 0. The van der Waals surface area contributed by atoms with Gasteiger partial charge in [-0.25, -0.2) is 13.2 Å². The van der Waals surface area contributed by atoms with Crippen LogP contribution in [0.3, 0.4) is 0 Å². The van der Waals surface area contributed by atoms with Gasteiger partial charge >= 0.3 is 11.9 Å². The van der Waals surface area contributed by atoms with Gasteiger partial charge in [-0.1, -0.05) is 44.0 Å². The van der Waals surface area contributed by atoms with Crippen molar-refractivity contribution in [1.82, 2.24) is 10.0 Å². The van der Waals surface area contributed by atoms with E-state index in [9.17, 15) is 27.7 Å². The molecule has 1 atom stereocenters. The Bertz CT molecular complexity index is 1150. The van der Waals surface area contributed by atoms with Gasteiger partial charge in [-0.2, -0.15) is 4.72 Å². The molecule has 2 aromatic carbocycles. The number of nitrogens with one attached hydrogen (secondary N) is 2. The largest absolute Gasteiger partial charge is 0.481 e. The van der Waals surface area contributed by atoms with Crippen molar-refractivity contribution in [1.29, 1.82) is 0 Å². The van der Waals surface area contributed by atoms with Crippen LogP contribution in [0, 0.1) is 4.91 Å². The van der Waals surface area contributed by atoms with Crippen molar-refractivity contribution >= 4 is 27.8 Å². The van der Waals surface area contributed by atoms with Gasteiger partial charge in [-0.05, 0) is 42.7 Å². The maximum absolute atomic E-state index is 12.9. The second kappa shape index (κ2) is 13.3. The highest BCUT2D eigenvalue weighted by Gasteiger charge is 2.27. The Balaban J connectivity index is 2.33. The van der Waals surface area contributed by atoms with E-state index in [2.05, 4.69) is 15.2 Å². The zero-order valence-corrected chi connectivity index (χ0v) is 19.9. The number of carboxylic acid groups (broad SMARTS) is 1.